The number of ether oxygens (including phenoxy) is 2. The minimum absolute atomic E-state index is 0.0111. The van der Waals surface area contributed by atoms with Crippen LogP contribution in [0.1, 0.15) is 30.0 Å². The number of pyridine rings is 1. The van der Waals surface area contributed by atoms with Crippen molar-refractivity contribution in [1.29, 1.82) is 0 Å². The standard InChI is InChI=1S/C24H20F3N3O2/c1-31-16-11-9-15(10-12-16)30-23-21(22(29-30)14-7-8-14)18(24(25,26)27)13-19(28-23)17-5-3-4-6-20(17)32-2/h3-6,9-14H,7-8H2,1-2H3. The Hall–Kier alpha value is -3.55. The van der Waals surface area contributed by atoms with E-state index in [9.17, 15) is 13.2 Å². The first-order valence-electron chi connectivity index (χ1n) is 10.2. The van der Waals surface area contributed by atoms with Crippen molar-refractivity contribution in [3.63, 3.8) is 0 Å². The Morgan fingerprint density at radius 2 is 1.69 bits per heavy atom. The average molecular weight is 439 g/mol. The highest BCUT2D eigenvalue weighted by Crippen LogP contribution is 2.47. The van der Waals surface area contributed by atoms with Crippen LogP contribution < -0.4 is 9.47 Å². The smallest absolute Gasteiger partial charge is 0.417 e. The van der Waals surface area contributed by atoms with E-state index in [1.165, 1.54) is 11.8 Å². The number of hydrogen-bond acceptors (Lipinski definition) is 4. The molecule has 8 heteroatoms. The maximum atomic E-state index is 14.3. The molecule has 164 valence electrons. The SMILES string of the molecule is COc1ccc(-n2nc(C3CC3)c3c(C(F)(F)F)cc(-c4ccccc4OC)nc32)cc1. The number of alkyl halides is 3. The van der Waals surface area contributed by atoms with Crippen LogP contribution in [-0.2, 0) is 6.18 Å². The van der Waals surface area contributed by atoms with Gasteiger partial charge in [0.05, 0.1) is 42.2 Å². The molecule has 0 unspecified atom stereocenters. The van der Waals surface area contributed by atoms with E-state index in [4.69, 9.17) is 9.47 Å². The first-order chi connectivity index (χ1) is 15.4. The Morgan fingerprint density at radius 1 is 0.969 bits per heavy atom. The van der Waals surface area contributed by atoms with Crippen LogP contribution in [0.2, 0.25) is 0 Å². The normalized spacial score (nSPS) is 14.0. The van der Waals surface area contributed by atoms with Gasteiger partial charge in [-0.1, -0.05) is 12.1 Å². The molecule has 0 saturated heterocycles. The Kier molecular flexibility index (Phi) is 4.80. The van der Waals surface area contributed by atoms with E-state index >= 15 is 0 Å². The number of methoxy groups -OCH3 is 2. The number of hydrogen-bond donors (Lipinski definition) is 0. The lowest BCUT2D eigenvalue weighted by Gasteiger charge is -2.13. The summed E-state index contributed by atoms with van der Waals surface area (Å²) in [6.07, 6.45) is -2.92. The summed E-state index contributed by atoms with van der Waals surface area (Å²) >= 11 is 0. The number of fused-ring (bicyclic) bond motifs is 1. The summed E-state index contributed by atoms with van der Waals surface area (Å²) in [6, 6.07) is 15.0. The molecule has 32 heavy (non-hydrogen) atoms. The Bertz CT molecular complexity index is 1290. The Labute approximate surface area is 182 Å². The van der Waals surface area contributed by atoms with Gasteiger partial charge in [0.25, 0.3) is 0 Å². The summed E-state index contributed by atoms with van der Waals surface area (Å²) in [4.78, 5) is 4.67. The molecule has 0 bridgehead atoms. The maximum absolute atomic E-state index is 14.3. The molecule has 5 rings (SSSR count). The molecule has 1 saturated carbocycles. The van der Waals surface area contributed by atoms with Crippen LogP contribution in [-0.4, -0.2) is 29.0 Å². The van der Waals surface area contributed by atoms with Crippen molar-refractivity contribution in [2.45, 2.75) is 24.9 Å². The predicted octanol–water partition coefficient (Wildman–Crippen LogP) is 6.00. The van der Waals surface area contributed by atoms with Gasteiger partial charge in [-0.3, -0.25) is 0 Å². The molecule has 0 radical (unpaired) electrons. The molecule has 0 aliphatic heterocycles. The van der Waals surface area contributed by atoms with Gasteiger partial charge in [-0.15, -0.1) is 0 Å². The lowest BCUT2D eigenvalue weighted by Crippen LogP contribution is -2.08. The van der Waals surface area contributed by atoms with Crippen LogP contribution in [0.5, 0.6) is 11.5 Å². The van der Waals surface area contributed by atoms with Crippen molar-refractivity contribution in [3.8, 4) is 28.4 Å². The molecule has 0 atom stereocenters. The van der Waals surface area contributed by atoms with Gasteiger partial charge >= 0.3 is 6.18 Å². The van der Waals surface area contributed by atoms with E-state index in [0.717, 1.165) is 18.9 Å². The second kappa shape index (κ2) is 7.55. The van der Waals surface area contributed by atoms with Crippen LogP contribution in [0.15, 0.2) is 54.6 Å². The number of rotatable bonds is 5. The zero-order valence-electron chi connectivity index (χ0n) is 17.5. The molecular formula is C24H20F3N3O2. The summed E-state index contributed by atoms with van der Waals surface area (Å²) in [5.41, 5.74) is 1.16. The highest BCUT2D eigenvalue weighted by atomic mass is 19.4. The van der Waals surface area contributed by atoms with Crippen molar-refractivity contribution in [3.05, 3.63) is 65.9 Å². The number of nitrogens with zero attached hydrogens (tertiary/aromatic N) is 3. The van der Waals surface area contributed by atoms with Crippen LogP contribution in [0, 0.1) is 0 Å². The third-order valence-electron chi connectivity index (χ3n) is 5.63. The fourth-order valence-corrected chi connectivity index (χ4v) is 3.91. The number of halogens is 3. The minimum atomic E-state index is -4.56. The van der Waals surface area contributed by atoms with E-state index < -0.39 is 11.7 Å². The van der Waals surface area contributed by atoms with Gasteiger partial charge in [-0.2, -0.15) is 18.3 Å². The lowest BCUT2D eigenvalue weighted by molar-refractivity contribution is -0.136. The van der Waals surface area contributed by atoms with Gasteiger partial charge in [-0.05, 0) is 55.3 Å². The zero-order chi connectivity index (χ0) is 22.5. The number of aromatic nitrogens is 3. The van der Waals surface area contributed by atoms with E-state index in [1.54, 1.807) is 55.6 Å². The topological polar surface area (TPSA) is 49.2 Å². The van der Waals surface area contributed by atoms with Crippen LogP contribution in [0.4, 0.5) is 13.2 Å². The molecular weight excluding hydrogens is 419 g/mol. The highest BCUT2D eigenvalue weighted by Gasteiger charge is 2.39. The summed E-state index contributed by atoms with van der Waals surface area (Å²) in [7, 11) is 3.04. The van der Waals surface area contributed by atoms with E-state index in [2.05, 4.69) is 10.1 Å². The number of benzene rings is 2. The van der Waals surface area contributed by atoms with Crippen LogP contribution in [0.3, 0.4) is 0 Å². The van der Waals surface area contributed by atoms with E-state index in [1.807, 2.05) is 0 Å². The minimum Gasteiger partial charge on any atom is -0.497 e. The molecule has 2 aromatic carbocycles. The summed E-state index contributed by atoms with van der Waals surface area (Å²) in [5.74, 6) is 1.11. The van der Waals surface area contributed by atoms with Gasteiger partial charge in [-0.25, -0.2) is 9.67 Å². The fraction of sp³-hybridized carbons (Fsp3) is 0.250. The van der Waals surface area contributed by atoms with Crippen molar-refractivity contribution in [1.82, 2.24) is 14.8 Å². The molecule has 0 N–H and O–H groups in total. The van der Waals surface area contributed by atoms with Crippen LogP contribution in [0.25, 0.3) is 28.0 Å². The molecule has 2 heterocycles. The molecule has 1 fully saturated rings. The van der Waals surface area contributed by atoms with E-state index in [0.29, 0.717) is 28.4 Å². The summed E-state index contributed by atoms with van der Waals surface area (Å²) < 4.78 is 54.8. The molecule has 1 aliphatic rings. The highest BCUT2D eigenvalue weighted by molar-refractivity contribution is 5.88. The zero-order valence-corrected chi connectivity index (χ0v) is 17.5. The second-order valence-corrected chi connectivity index (χ2v) is 7.72. The maximum Gasteiger partial charge on any atom is 0.417 e. The summed E-state index contributed by atoms with van der Waals surface area (Å²) in [5, 5.41) is 4.68. The molecule has 2 aromatic heterocycles. The molecule has 1 aliphatic carbocycles. The van der Waals surface area contributed by atoms with Gasteiger partial charge in [0, 0.05) is 11.5 Å². The Morgan fingerprint density at radius 3 is 2.31 bits per heavy atom. The first-order valence-corrected chi connectivity index (χ1v) is 10.2. The monoisotopic (exact) mass is 439 g/mol. The molecule has 5 nitrogen and oxygen atoms in total. The summed E-state index contributed by atoms with van der Waals surface area (Å²) in [6.45, 7) is 0. The van der Waals surface area contributed by atoms with E-state index in [-0.39, 0.29) is 22.6 Å². The third-order valence-corrected chi connectivity index (χ3v) is 5.63. The van der Waals surface area contributed by atoms with Crippen molar-refractivity contribution >= 4 is 11.0 Å². The van der Waals surface area contributed by atoms with Crippen molar-refractivity contribution in [2.24, 2.45) is 0 Å². The van der Waals surface area contributed by atoms with Gasteiger partial charge < -0.3 is 9.47 Å². The Balaban J connectivity index is 1.83. The van der Waals surface area contributed by atoms with Crippen molar-refractivity contribution in [2.75, 3.05) is 14.2 Å². The van der Waals surface area contributed by atoms with Gasteiger partial charge in [0.2, 0.25) is 0 Å². The van der Waals surface area contributed by atoms with Gasteiger partial charge in [0.15, 0.2) is 5.65 Å². The van der Waals surface area contributed by atoms with Crippen LogP contribution >= 0.6 is 0 Å². The van der Waals surface area contributed by atoms with Gasteiger partial charge in [0.1, 0.15) is 11.5 Å². The predicted molar refractivity (Wildman–Crippen MR) is 114 cm³/mol. The lowest BCUT2D eigenvalue weighted by atomic mass is 10.0. The fourth-order valence-electron chi connectivity index (χ4n) is 3.91. The number of para-hydroxylation sites is 1. The van der Waals surface area contributed by atoms with Crippen molar-refractivity contribution < 1.29 is 22.6 Å². The first kappa shape index (κ1) is 20.4. The third kappa shape index (κ3) is 3.45. The second-order valence-electron chi connectivity index (χ2n) is 7.72. The molecule has 0 spiro atoms. The largest absolute Gasteiger partial charge is 0.497 e. The average Bonchev–Trinajstić information content (AvgIpc) is 3.58. The quantitative estimate of drug-likeness (QED) is 0.383. The molecule has 0 amide bonds. The molecule has 4 aromatic rings.